The summed E-state index contributed by atoms with van der Waals surface area (Å²) in [6.07, 6.45) is 0. The van der Waals surface area contributed by atoms with Crippen LogP contribution in [0.5, 0.6) is 5.75 Å². The number of hydrogen-bond donors (Lipinski definition) is 0. The Balaban J connectivity index is 1.88. The van der Waals surface area contributed by atoms with Gasteiger partial charge in [0.05, 0.1) is 20.5 Å². The number of nitro groups is 1. The lowest BCUT2D eigenvalue weighted by molar-refractivity contribution is -0.384. The second-order valence-corrected chi connectivity index (χ2v) is 5.16. The molecule has 0 spiro atoms. The van der Waals surface area contributed by atoms with Crippen molar-refractivity contribution in [1.82, 2.24) is 0 Å². The summed E-state index contributed by atoms with van der Waals surface area (Å²) in [7, 11) is 0. The van der Waals surface area contributed by atoms with Crippen molar-refractivity contribution in [1.29, 1.82) is 0 Å². The summed E-state index contributed by atoms with van der Waals surface area (Å²) < 4.78 is 10.4. The van der Waals surface area contributed by atoms with Gasteiger partial charge in [-0.15, -0.1) is 0 Å². The number of halogens is 2. The highest BCUT2D eigenvalue weighted by Gasteiger charge is 2.13. The fraction of sp³-hybridized carbons (Fsp3) is 0.133. The molecule has 0 saturated heterocycles. The highest BCUT2D eigenvalue weighted by Crippen LogP contribution is 2.32. The molecule has 0 atom stereocenters. The van der Waals surface area contributed by atoms with Gasteiger partial charge in [-0.3, -0.25) is 10.1 Å². The van der Waals surface area contributed by atoms with Crippen LogP contribution in [0.25, 0.3) is 0 Å². The number of rotatable bonds is 6. The van der Waals surface area contributed by atoms with E-state index >= 15 is 0 Å². The molecule has 2 rings (SSSR count). The number of benzene rings is 2. The summed E-state index contributed by atoms with van der Waals surface area (Å²) in [5.41, 5.74) is -0.0893. The van der Waals surface area contributed by atoms with Crippen LogP contribution in [0.2, 0.25) is 10.0 Å². The first-order chi connectivity index (χ1) is 11.0. The van der Waals surface area contributed by atoms with Gasteiger partial charge in [0.2, 0.25) is 0 Å². The molecule has 0 bridgehead atoms. The van der Waals surface area contributed by atoms with E-state index < -0.39 is 10.9 Å². The lowest BCUT2D eigenvalue weighted by atomic mass is 10.2. The van der Waals surface area contributed by atoms with Crippen molar-refractivity contribution in [3.8, 4) is 5.75 Å². The van der Waals surface area contributed by atoms with E-state index in [4.69, 9.17) is 32.7 Å². The van der Waals surface area contributed by atoms with Crippen molar-refractivity contribution in [2.75, 3.05) is 13.2 Å². The Kier molecular flexibility index (Phi) is 5.78. The van der Waals surface area contributed by atoms with Crippen LogP contribution in [0.15, 0.2) is 42.5 Å². The van der Waals surface area contributed by atoms with Crippen LogP contribution in [0.4, 0.5) is 5.69 Å². The highest BCUT2D eigenvalue weighted by molar-refractivity contribution is 6.37. The van der Waals surface area contributed by atoms with Gasteiger partial charge in [0.1, 0.15) is 13.2 Å². The number of para-hydroxylation sites is 1. The Morgan fingerprint density at radius 3 is 2.39 bits per heavy atom. The van der Waals surface area contributed by atoms with E-state index in [1.807, 2.05) is 0 Å². The average Bonchev–Trinajstić information content (AvgIpc) is 2.53. The number of carbonyl (C=O) groups is 1. The molecule has 0 amide bonds. The van der Waals surface area contributed by atoms with Gasteiger partial charge in [-0.1, -0.05) is 35.3 Å². The summed E-state index contributed by atoms with van der Waals surface area (Å²) in [6.45, 7) is -0.00675. The van der Waals surface area contributed by atoms with E-state index in [2.05, 4.69) is 0 Å². The second kappa shape index (κ2) is 7.80. The van der Waals surface area contributed by atoms with Gasteiger partial charge in [0.15, 0.2) is 5.75 Å². The molecule has 0 radical (unpaired) electrons. The van der Waals surface area contributed by atoms with Gasteiger partial charge in [-0.25, -0.2) is 4.79 Å². The molecular formula is C15H11Cl2NO5. The SMILES string of the molecule is O=C(OCCOc1c(Cl)cccc1Cl)c1cccc([N+](=O)[O-])c1. The summed E-state index contributed by atoms with van der Waals surface area (Å²) in [6, 6.07) is 10.2. The predicted molar refractivity (Wildman–Crippen MR) is 85.3 cm³/mol. The summed E-state index contributed by atoms with van der Waals surface area (Å²) >= 11 is 11.9. The zero-order valence-corrected chi connectivity index (χ0v) is 13.2. The Bertz CT molecular complexity index is 715. The number of non-ortho nitro benzene ring substituents is 1. The van der Waals surface area contributed by atoms with Crippen molar-refractivity contribution in [3.05, 3.63) is 68.2 Å². The summed E-state index contributed by atoms with van der Waals surface area (Å²) in [4.78, 5) is 21.9. The van der Waals surface area contributed by atoms with Crippen LogP contribution in [0.3, 0.4) is 0 Å². The number of carbonyl (C=O) groups excluding carboxylic acids is 1. The van der Waals surface area contributed by atoms with Crippen molar-refractivity contribution in [2.45, 2.75) is 0 Å². The fourth-order valence-corrected chi connectivity index (χ4v) is 2.23. The van der Waals surface area contributed by atoms with Gasteiger partial charge in [0.25, 0.3) is 5.69 Å². The minimum absolute atomic E-state index is 0.0458. The molecule has 6 nitrogen and oxygen atoms in total. The molecule has 8 heteroatoms. The van der Waals surface area contributed by atoms with Crippen LogP contribution in [0, 0.1) is 10.1 Å². The Hall–Kier alpha value is -2.31. The monoisotopic (exact) mass is 355 g/mol. The normalized spacial score (nSPS) is 10.2. The molecule has 0 aliphatic rings. The lowest BCUT2D eigenvalue weighted by Gasteiger charge is -2.10. The number of nitrogens with zero attached hydrogens (tertiary/aromatic N) is 1. The average molecular weight is 356 g/mol. The van der Waals surface area contributed by atoms with Gasteiger partial charge in [0, 0.05) is 12.1 Å². The van der Waals surface area contributed by atoms with Gasteiger partial charge in [-0.2, -0.15) is 0 Å². The van der Waals surface area contributed by atoms with E-state index in [-0.39, 0.29) is 24.5 Å². The molecule has 120 valence electrons. The first kappa shape index (κ1) is 17.1. The molecule has 2 aromatic rings. The van der Waals surface area contributed by atoms with E-state index in [0.29, 0.717) is 15.8 Å². The Morgan fingerprint density at radius 1 is 1.09 bits per heavy atom. The largest absolute Gasteiger partial charge is 0.487 e. The Morgan fingerprint density at radius 2 is 1.74 bits per heavy atom. The quantitative estimate of drug-likeness (QED) is 0.336. The third-order valence-corrected chi connectivity index (χ3v) is 3.37. The van der Waals surface area contributed by atoms with Gasteiger partial charge in [-0.05, 0) is 18.2 Å². The first-order valence-electron chi connectivity index (χ1n) is 6.47. The van der Waals surface area contributed by atoms with Gasteiger partial charge >= 0.3 is 5.97 Å². The second-order valence-electron chi connectivity index (χ2n) is 4.34. The maximum absolute atomic E-state index is 11.8. The van der Waals surface area contributed by atoms with Crippen LogP contribution in [-0.4, -0.2) is 24.1 Å². The zero-order chi connectivity index (χ0) is 16.8. The molecule has 0 heterocycles. The first-order valence-corrected chi connectivity index (χ1v) is 7.23. The third-order valence-electron chi connectivity index (χ3n) is 2.77. The van der Waals surface area contributed by atoms with E-state index in [1.54, 1.807) is 18.2 Å². The standard InChI is InChI=1S/C15H11Cl2NO5/c16-12-5-2-6-13(17)14(12)22-7-8-23-15(19)10-3-1-4-11(9-10)18(20)21/h1-6,9H,7-8H2. The summed E-state index contributed by atoms with van der Waals surface area (Å²) in [5, 5.41) is 11.4. The van der Waals surface area contributed by atoms with Crippen molar-refractivity contribution in [2.24, 2.45) is 0 Å². The van der Waals surface area contributed by atoms with E-state index in [1.165, 1.54) is 18.2 Å². The lowest BCUT2D eigenvalue weighted by Crippen LogP contribution is -2.12. The maximum Gasteiger partial charge on any atom is 0.338 e. The van der Waals surface area contributed by atoms with Gasteiger partial charge < -0.3 is 9.47 Å². The predicted octanol–water partition coefficient (Wildman–Crippen LogP) is 4.14. The maximum atomic E-state index is 11.8. The molecule has 23 heavy (non-hydrogen) atoms. The molecular weight excluding hydrogens is 345 g/mol. The molecule has 0 unspecified atom stereocenters. The fourth-order valence-electron chi connectivity index (χ4n) is 1.73. The molecule has 2 aromatic carbocycles. The molecule has 0 aliphatic carbocycles. The number of nitro benzene ring substituents is 1. The van der Waals surface area contributed by atoms with Crippen molar-refractivity contribution < 1.29 is 19.2 Å². The molecule has 0 aromatic heterocycles. The summed E-state index contributed by atoms with van der Waals surface area (Å²) in [5.74, 6) is -0.371. The van der Waals surface area contributed by atoms with E-state index in [0.717, 1.165) is 6.07 Å². The van der Waals surface area contributed by atoms with E-state index in [9.17, 15) is 14.9 Å². The van der Waals surface area contributed by atoms with Crippen LogP contribution < -0.4 is 4.74 Å². The molecule has 0 aliphatic heterocycles. The number of hydrogen-bond acceptors (Lipinski definition) is 5. The molecule has 0 saturated carbocycles. The highest BCUT2D eigenvalue weighted by atomic mass is 35.5. The van der Waals surface area contributed by atoms with Crippen LogP contribution in [-0.2, 0) is 4.74 Å². The molecule has 0 fully saturated rings. The van der Waals surface area contributed by atoms with Crippen LogP contribution >= 0.6 is 23.2 Å². The van der Waals surface area contributed by atoms with Crippen molar-refractivity contribution >= 4 is 34.9 Å². The van der Waals surface area contributed by atoms with Crippen LogP contribution in [0.1, 0.15) is 10.4 Å². The third kappa shape index (κ3) is 4.58. The number of esters is 1. The zero-order valence-electron chi connectivity index (χ0n) is 11.7. The Labute approximate surface area is 141 Å². The smallest absolute Gasteiger partial charge is 0.338 e. The minimum atomic E-state index is -0.678. The minimum Gasteiger partial charge on any atom is -0.487 e. The van der Waals surface area contributed by atoms with Crippen molar-refractivity contribution in [3.63, 3.8) is 0 Å². The topological polar surface area (TPSA) is 78.7 Å². The number of ether oxygens (including phenoxy) is 2. The molecule has 0 N–H and O–H groups in total.